The average Bonchev–Trinajstić information content (AvgIpc) is 3.23. The maximum atomic E-state index is 12.8. The number of carbonyl (C=O) groups is 1. The molecule has 0 saturated carbocycles. The second kappa shape index (κ2) is 8.26. The van der Waals surface area contributed by atoms with E-state index in [-0.39, 0.29) is 11.0 Å². The minimum Gasteiger partial charge on any atom is -0.293 e. The van der Waals surface area contributed by atoms with Crippen LogP contribution in [0.25, 0.3) is 10.9 Å². The Kier molecular flexibility index (Phi) is 5.58. The molecule has 0 amide bonds. The van der Waals surface area contributed by atoms with Gasteiger partial charge in [-0.2, -0.15) is 0 Å². The monoisotopic (exact) mass is 409 g/mol. The molecular weight excluding hydrogens is 394 g/mol. The molecule has 0 unspecified atom stereocenters. The van der Waals surface area contributed by atoms with E-state index in [1.165, 1.54) is 11.3 Å². The van der Waals surface area contributed by atoms with Crippen molar-refractivity contribution in [2.24, 2.45) is 0 Å². The molecule has 2 heterocycles. The number of para-hydroxylation sites is 1. The summed E-state index contributed by atoms with van der Waals surface area (Å²) in [6, 6.07) is 21.7. The predicted octanol–water partition coefficient (Wildman–Crippen LogP) is 7.06. The van der Waals surface area contributed by atoms with Crippen LogP contribution in [0.1, 0.15) is 26.9 Å². The lowest BCUT2D eigenvalue weighted by Gasteiger charge is -2.17. The van der Waals surface area contributed by atoms with Gasteiger partial charge in [0.15, 0.2) is 5.78 Å². The van der Waals surface area contributed by atoms with E-state index in [0.29, 0.717) is 11.4 Å². The van der Waals surface area contributed by atoms with E-state index in [4.69, 9.17) is 11.6 Å². The molecule has 5 heteroatoms. The Morgan fingerprint density at radius 1 is 1.04 bits per heavy atom. The zero-order valence-electron chi connectivity index (χ0n) is 14.3. The number of Topliss-reactive ketones (excluding diaryl/α,β-unsaturated/α-hetero) is 1. The lowest BCUT2D eigenvalue weighted by atomic mass is 10.1. The summed E-state index contributed by atoms with van der Waals surface area (Å²) in [6.07, 6.45) is 2.23. The fraction of sp³-hybridized carbons (Fsp3) is 0.0909. The Labute approximate surface area is 171 Å². The Balaban J connectivity index is 1.68. The van der Waals surface area contributed by atoms with Crippen LogP contribution in [0.2, 0.25) is 5.02 Å². The summed E-state index contributed by atoms with van der Waals surface area (Å²) in [6.45, 7) is 0. The van der Waals surface area contributed by atoms with Crippen LogP contribution < -0.4 is 0 Å². The molecule has 0 aliphatic heterocycles. The molecule has 0 N–H and O–H groups in total. The van der Waals surface area contributed by atoms with Gasteiger partial charge in [-0.25, -0.2) is 0 Å². The van der Waals surface area contributed by atoms with Crippen molar-refractivity contribution in [2.75, 3.05) is 0 Å². The third-order valence-electron chi connectivity index (χ3n) is 4.27. The maximum Gasteiger partial charge on any atom is 0.174 e. The third-order valence-corrected chi connectivity index (χ3v) is 6.74. The highest BCUT2D eigenvalue weighted by atomic mass is 35.5. The normalized spacial score (nSPS) is 12.2. The van der Waals surface area contributed by atoms with Crippen LogP contribution in [-0.2, 0) is 0 Å². The first-order valence-corrected chi connectivity index (χ1v) is 10.7. The van der Waals surface area contributed by atoms with Crippen LogP contribution in [-0.4, -0.2) is 10.8 Å². The summed E-state index contributed by atoms with van der Waals surface area (Å²) >= 11 is 9.23. The summed E-state index contributed by atoms with van der Waals surface area (Å²) in [5.74, 6) is 0.158. The van der Waals surface area contributed by atoms with E-state index < -0.39 is 0 Å². The van der Waals surface area contributed by atoms with E-state index in [9.17, 15) is 4.79 Å². The first-order valence-electron chi connectivity index (χ1n) is 8.53. The van der Waals surface area contributed by atoms with E-state index in [2.05, 4.69) is 23.2 Å². The fourth-order valence-corrected chi connectivity index (χ4v) is 5.01. The van der Waals surface area contributed by atoms with E-state index >= 15 is 0 Å². The largest absolute Gasteiger partial charge is 0.293 e. The Morgan fingerprint density at radius 2 is 1.85 bits per heavy atom. The molecule has 0 saturated heterocycles. The van der Waals surface area contributed by atoms with Crippen molar-refractivity contribution in [1.29, 1.82) is 0 Å². The highest BCUT2D eigenvalue weighted by Gasteiger charge is 2.20. The minimum atomic E-state index is -0.00975. The molecule has 4 aromatic rings. The molecule has 2 nitrogen and oxygen atoms in total. The number of ketones is 1. The lowest BCUT2D eigenvalue weighted by molar-refractivity contribution is 0.0986. The number of halogens is 1. The van der Waals surface area contributed by atoms with Gasteiger partial charge in [-0.1, -0.05) is 48.0 Å². The summed E-state index contributed by atoms with van der Waals surface area (Å²) < 4.78 is 0. The van der Waals surface area contributed by atoms with E-state index in [1.54, 1.807) is 18.0 Å². The van der Waals surface area contributed by atoms with Crippen molar-refractivity contribution in [3.63, 3.8) is 0 Å². The second-order valence-electron chi connectivity index (χ2n) is 6.09. The van der Waals surface area contributed by atoms with Crippen LogP contribution in [0.4, 0.5) is 0 Å². The van der Waals surface area contributed by atoms with Crippen LogP contribution >= 0.6 is 34.7 Å². The molecule has 4 rings (SSSR count). The Hall–Kier alpha value is -2.14. The van der Waals surface area contributed by atoms with Gasteiger partial charge in [0.05, 0.1) is 10.4 Å². The summed E-state index contributed by atoms with van der Waals surface area (Å²) in [5, 5.41) is 3.72. The Bertz CT molecular complexity index is 1060. The molecule has 0 spiro atoms. The number of hydrogen-bond donors (Lipinski definition) is 0. The van der Waals surface area contributed by atoms with Gasteiger partial charge in [-0.15, -0.1) is 23.1 Å². The molecular formula is C22H16ClNOS2. The van der Waals surface area contributed by atoms with Gasteiger partial charge in [-0.3, -0.25) is 9.78 Å². The maximum absolute atomic E-state index is 12.8. The van der Waals surface area contributed by atoms with Crippen LogP contribution in [0.5, 0.6) is 0 Å². The minimum absolute atomic E-state index is 0.00975. The number of fused-ring (bicyclic) bond motifs is 1. The molecule has 0 bridgehead atoms. The number of thioether (sulfide) groups is 1. The quantitative estimate of drug-likeness (QED) is 0.252. The molecule has 0 aliphatic carbocycles. The topological polar surface area (TPSA) is 30.0 Å². The van der Waals surface area contributed by atoms with Crippen molar-refractivity contribution in [1.82, 2.24) is 4.98 Å². The standard InChI is InChI=1S/C22H16ClNOS2/c23-17-10-8-15(9-11-17)21(14-18(25)19-7-3-13-26-19)27-20-6-1-4-16-5-2-12-24-22(16)20/h1-13,21H,14H2/t21-/m1/s1. The SMILES string of the molecule is O=C(C[C@@H](Sc1cccc2cccnc12)c1ccc(Cl)cc1)c1cccs1. The molecule has 27 heavy (non-hydrogen) atoms. The van der Waals surface area contributed by atoms with E-state index in [0.717, 1.165) is 26.2 Å². The van der Waals surface area contributed by atoms with Gasteiger partial charge >= 0.3 is 0 Å². The van der Waals surface area contributed by atoms with Crippen molar-refractivity contribution in [3.05, 3.63) is 93.8 Å². The van der Waals surface area contributed by atoms with Crippen LogP contribution in [0, 0.1) is 0 Å². The molecule has 0 fully saturated rings. The number of aromatic nitrogens is 1. The molecule has 2 aromatic carbocycles. The molecule has 2 aromatic heterocycles. The van der Waals surface area contributed by atoms with Gasteiger partial charge < -0.3 is 0 Å². The van der Waals surface area contributed by atoms with Gasteiger partial charge in [0.2, 0.25) is 0 Å². The smallest absolute Gasteiger partial charge is 0.174 e. The van der Waals surface area contributed by atoms with Crippen molar-refractivity contribution in [2.45, 2.75) is 16.6 Å². The average molecular weight is 410 g/mol. The lowest BCUT2D eigenvalue weighted by Crippen LogP contribution is -2.04. The predicted molar refractivity (Wildman–Crippen MR) is 115 cm³/mol. The highest BCUT2D eigenvalue weighted by Crippen LogP contribution is 2.41. The Morgan fingerprint density at radius 3 is 2.63 bits per heavy atom. The number of carbonyl (C=O) groups excluding carboxylic acids is 1. The summed E-state index contributed by atoms with van der Waals surface area (Å²) in [4.78, 5) is 19.2. The van der Waals surface area contributed by atoms with Gasteiger partial charge in [0.1, 0.15) is 0 Å². The van der Waals surface area contributed by atoms with Gasteiger partial charge in [0, 0.05) is 33.2 Å². The first-order chi connectivity index (χ1) is 13.2. The van der Waals surface area contributed by atoms with Crippen molar-refractivity contribution < 1.29 is 4.79 Å². The first kappa shape index (κ1) is 18.2. The zero-order valence-corrected chi connectivity index (χ0v) is 16.7. The van der Waals surface area contributed by atoms with E-state index in [1.807, 2.05) is 53.9 Å². The van der Waals surface area contributed by atoms with Gasteiger partial charge in [-0.05, 0) is 41.3 Å². The summed E-state index contributed by atoms with van der Waals surface area (Å²) in [5.41, 5.74) is 2.05. The summed E-state index contributed by atoms with van der Waals surface area (Å²) in [7, 11) is 0. The number of benzene rings is 2. The van der Waals surface area contributed by atoms with Crippen molar-refractivity contribution >= 4 is 51.4 Å². The highest BCUT2D eigenvalue weighted by molar-refractivity contribution is 7.99. The molecule has 0 aliphatic rings. The molecule has 0 radical (unpaired) electrons. The fourth-order valence-electron chi connectivity index (χ4n) is 2.94. The number of pyridine rings is 1. The number of nitrogens with zero attached hydrogens (tertiary/aromatic N) is 1. The second-order valence-corrected chi connectivity index (χ2v) is 8.72. The number of hydrogen-bond acceptors (Lipinski definition) is 4. The van der Waals surface area contributed by atoms with Crippen molar-refractivity contribution in [3.8, 4) is 0 Å². The van der Waals surface area contributed by atoms with Gasteiger partial charge in [0.25, 0.3) is 0 Å². The van der Waals surface area contributed by atoms with Crippen LogP contribution in [0.3, 0.4) is 0 Å². The molecule has 134 valence electrons. The van der Waals surface area contributed by atoms with Crippen LogP contribution in [0.15, 0.2) is 83.2 Å². The number of thiophene rings is 1. The zero-order chi connectivity index (χ0) is 18.6. The third kappa shape index (κ3) is 4.24. The molecule has 1 atom stereocenters. The number of rotatable bonds is 6.